The first-order valence-corrected chi connectivity index (χ1v) is 11.1. The second kappa shape index (κ2) is 6.67. The van der Waals surface area contributed by atoms with Crippen molar-refractivity contribution in [2.75, 3.05) is 31.1 Å². The molecule has 2 aromatic heterocycles. The molecule has 1 aliphatic carbocycles. The Bertz CT molecular complexity index is 1220. The number of hydrogen-bond donors (Lipinski definition) is 0. The van der Waals surface area contributed by atoms with Gasteiger partial charge in [0.2, 0.25) is 10.0 Å². The minimum Gasteiger partial charge on any atom is -0.408 e. The molecule has 152 valence electrons. The van der Waals surface area contributed by atoms with Gasteiger partial charge in [-0.1, -0.05) is 0 Å². The van der Waals surface area contributed by atoms with Crippen molar-refractivity contribution in [1.82, 2.24) is 19.1 Å². The zero-order chi connectivity index (χ0) is 20.2. The summed E-state index contributed by atoms with van der Waals surface area (Å²) >= 11 is 0. The molecule has 1 saturated heterocycles. The smallest absolute Gasteiger partial charge is 0.408 e. The summed E-state index contributed by atoms with van der Waals surface area (Å²) in [6.07, 6.45) is 2.37. The Labute approximate surface area is 167 Å². The van der Waals surface area contributed by atoms with Crippen LogP contribution in [-0.2, 0) is 17.1 Å². The van der Waals surface area contributed by atoms with E-state index in [9.17, 15) is 13.2 Å². The molecule has 1 aliphatic heterocycles. The molecule has 0 atom stereocenters. The summed E-state index contributed by atoms with van der Waals surface area (Å²) < 4.78 is 34.0. The number of benzene rings is 1. The van der Waals surface area contributed by atoms with Gasteiger partial charge in [-0.05, 0) is 43.2 Å². The maximum Gasteiger partial charge on any atom is 0.419 e. The van der Waals surface area contributed by atoms with Gasteiger partial charge in [-0.3, -0.25) is 4.57 Å². The lowest BCUT2D eigenvalue weighted by Crippen LogP contribution is -2.49. The molecule has 2 aliphatic rings. The van der Waals surface area contributed by atoms with E-state index in [0.717, 1.165) is 11.5 Å². The minimum atomic E-state index is -3.66. The normalized spacial score (nSPS) is 18.4. The van der Waals surface area contributed by atoms with Crippen LogP contribution in [0.1, 0.15) is 24.5 Å². The highest BCUT2D eigenvalue weighted by molar-refractivity contribution is 7.89. The Morgan fingerprint density at radius 3 is 2.45 bits per heavy atom. The van der Waals surface area contributed by atoms with Gasteiger partial charge >= 0.3 is 5.76 Å². The summed E-state index contributed by atoms with van der Waals surface area (Å²) in [5, 5.41) is 8.63. The maximum atomic E-state index is 13.1. The lowest BCUT2D eigenvalue weighted by Gasteiger charge is -2.34. The molecule has 5 rings (SSSR count). The number of hydrogen-bond acceptors (Lipinski definition) is 7. The van der Waals surface area contributed by atoms with E-state index in [0.29, 0.717) is 43.2 Å². The molecule has 0 spiro atoms. The lowest BCUT2D eigenvalue weighted by atomic mass is 10.2. The molecule has 0 N–H and O–H groups in total. The van der Waals surface area contributed by atoms with Crippen molar-refractivity contribution in [1.29, 1.82) is 0 Å². The third-order valence-electron chi connectivity index (χ3n) is 5.63. The molecule has 29 heavy (non-hydrogen) atoms. The van der Waals surface area contributed by atoms with Crippen LogP contribution in [-0.4, -0.2) is 53.7 Å². The molecular weight excluding hydrogens is 394 g/mol. The van der Waals surface area contributed by atoms with Gasteiger partial charge in [0.15, 0.2) is 11.4 Å². The number of piperazine rings is 1. The van der Waals surface area contributed by atoms with Crippen molar-refractivity contribution in [3.63, 3.8) is 0 Å². The van der Waals surface area contributed by atoms with Gasteiger partial charge in [0.1, 0.15) is 0 Å². The minimum absolute atomic E-state index is 0.156. The quantitative estimate of drug-likeness (QED) is 0.633. The number of aromatic nitrogens is 3. The van der Waals surface area contributed by atoms with Gasteiger partial charge in [-0.15, -0.1) is 5.10 Å². The van der Waals surface area contributed by atoms with Gasteiger partial charge < -0.3 is 9.32 Å². The van der Waals surface area contributed by atoms with Gasteiger partial charge in [0, 0.05) is 39.1 Å². The SMILES string of the molecule is Cn1c(=O)oc2ccc(S(=O)(=O)N3CCN(c4ccc(C5CC5)nn4)CC3)cc21. The van der Waals surface area contributed by atoms with E-state index in [1.807, 2.05) is 12.1 Å². The van der Waals surface area contributed by atoms with Crippen LogP contribution in [0.2, 0.25) is 0 Å². The predicted molar refractivity (Wildman–Crippen MR) is 106 cm³/mol. The summed E-state index contributed by atoms with van der Waals surface area (Å²) in [7, 11) is -2.11. The molecule has 1 saturated carbocycles. The van der Waals surface area contributed by atoms with Crippen LogP contribution in [0, 0.1) is 0 Å². The number of rotatable bonds is 4. The number of sulfonamides is 1. The van der Waals surface area contributed by atoms with E-state index in [2.05, 4.69) is 15.1 Å². The molecule has 9 nitrogen and oxygen atoms in total. The second-order valence-electron chi connectivity index (χ2n) is 7.54. The number of anilines is 1. The van der Waals surface area contributed by atoms with Crippen LogP contribution in [0.5, 0.6) is 0 Å². The average Bonchev–Trinajstić information content (AvgIpc) is 3.55. The first-order valence-electron chi connectivity index (χ1n) is 9.62. The summed E-state index contributed by atoms with van der Waals surface area (Å²) in [4.78, 5) is 13.9. The van der Waals surface area contributed by atoms with Crippen molar-refractivity contribution in [3.8, 4) is 0 Å². The topological polar surface area (TPSA) is 102 Å². The molecule has 1 aromatic carbocycles. The van der Waals surface area contributed by atoms with Crippen molar-refractivity contribution < 1.29 is 12.8 Å². The van der Waals surface area contributed by atoms with Gasteiger partial charge in [0.05, 0.1) is 16.1 Å². The predicted octanol–water partition coefficient (Wildman–Crippen LogP) is 1.31. The number of oxazole rings is 1. The van der Waals surface area contributed by atoms with Crippen molar-refractivity contribution >= 4 is 26.9 Å². The highest BCUT2D eigenvalue weighted by atomic mass is 32.2. The molecule has 10 heteroatoms. The van der Waals surface area contributed by atoms with Crippen LogP contribution in [0.15, 0.2) is 44.4 Å². The van der Waals surface area contributed by atoms with E-state index in [1.165, 1.54) is 39.9 Å². The van der Waals surface area contributed by atoms with E-state index in [1.54, 1.807) is 7.05 Å². The fourth-order valence-electron chi connectivity index (χ4n) is 3.67. The van der Waals surface area contributed by atoms with Crippen LogP contribution in [0.4, 0.5) is 5.82 Å². The third-order valence-corrected chi connectivity index (χ3v) is 7.52. The Morgan fingerprint density at radius 2 is 1.79 bits per heavy atom. The molecule has 3 heterocycles. The zero-order valence-corrected chi connectivity index (χ0v) is 16.8. The molecule has 0 radical (unpaired) electrons. The highest BCUT2D eigenvalue weighted by Crippen LogP contribution is 2.38. The van der Waals surface area contributed by atoms with Crippen LogP contribution >= 0.6 is 0 Å². The zero-order valence-electron chi connectivity index (χ0n) is 16.0. The van der Waals surface area contributed by atoms with Crippen molar-refractivity contribution in [3.05, 3.63) is 46.6 Å². The van der Waals surface area contributed by atoms with Gasteiger partial charge in [-0.25, -0.2) is 13.2 Å². The van der Waals surface area contributed by atoms with E-state index in [-0.39, 0.29) is 4.90 Å². The molecule has 0 amide bonds. The summed E-state index contributed by atoms with van der Waals surface area (Å²) in [6, 6.07) is 8.49. The Kier molecular flexibility index (Phi) is 4.21. The molecule has 0 bridgehead atoms. The summed E-state index contributed by atoms with van der Waals surface area (Å²) in [5.41, 5.74) is 1.87. The molecule has 0 unspecified atom stereocenters. The maximum absolute atomic E-state index is 13.1. The van der Waals surface area contributed by atoms with Crippen molar-refractivity contribution in [2.24, 2.45) is 7.05 Å². The van der Waals surface area contributed by atoms with Crippen molar-refractivity contribution in [2.45, 2.75) is 23.7 Å². The summed E-state index contributed by atoms with van der Waals surface area (Å²) in [6.45, 7) is 1.81. The monoisotopic (exact) mass is 415 g/mol. The Balaban J connectivity index is 1.32. The van der Waals surface area contributed by atoms with Crippen LogP contribution in [0.25, 0.3) is 11.1 Å². The Hall–Kier alpha value is -2.72. The second-order valence-corrected chi connectivity index (χ2v) is 9.48. The summed E-state index contributed by atoms with van der Waals surface area (Å²) in [5.74, 6) is 0.823. The first kappa shape index (κ1) is 18.3. The van der Waals surface area contributed by atoms with E-state index >= 15 is 0 Å². The fraction of sp³-hybridized carbons (Fsp3) is 0.421. The molecule has 3 aromatic rings. The molecular formula is C19H21N5O4S. The Morgan fingerprint density at radius 1 is 1.03 bits per heavy atom. The van der Waals surface area contributed by atoms with E-state index in [4.69, 9.17) is 4.42 Å². The first-order chi connectivity index (χ1) is 13.9. The standard InChI is InChI=1S/C19H21N5O4S/c1-22-16-12-14(4-6-17(16)28-19(22)25)29(26,27)24-10-8-23(9-11-24)18-7-5-15(20-21-18)13-2-3-13/h4-7,12-13H,2-3,8-11H2,1H3. The van der Waals surface area contributed by atoms with Crippen LogP contribution in [0.3, 0.4) is 0 Å². The fourth-order valence-corrected chi connectivity index (χ4v) is 5.12. The van der Waals surface area contributed by atoms with Gasteiger partial charge in [0.25, 0.3) is 0 Å². The highest BCUT2D eigenvalue weighted by Gasteiger charge is 2.30. The number of fused-ring (bicyclic) bond motifs is 1. The lowest BCUT2D eigenvalue weighted by molar-refractivity contribution is 0.383. The van der Waals surface area contributed by atoms with E-state index < -0.39 is 15.8 Å². The number of aryl methyl sites for hydroxylation is 1. The average molecular weight is 415 g/mol. The van der Waals surface area contributed by atoms with Gasteiger partial charge in [-0.2, -0.15) is 9.40 Å². The third kappa shape index (κ3) is 3.22. The van der Waals surface area contributed by atoms with Crippen LogP contribution < -0.4 is 10.7 Å². The number of nitrogens with zero attached hydrogens (tertiary/aromatic N) is 5. The molecule has 2 fully saturated rings. The largest absolute Gasteiger partial charge is 0.419 e.